The molecule has 0 bridgehead atoms. The van der Waals surface area contributed by atoms with Crippen LogP contribution in [0.4, 0.5) is 0 Å². The molecule has 0 fully saturated rings. The largest absolute Gasteiger partial charge is 0.508 e. The van der Waals surface area contributed by atoms with Crippen LogP contribution < -0.4 is 9.47 Å². The van der Waals surface area contributed by atoms with E-state index in [1.807, 2.05) is 67.7 Å². The van der Waals surface area contributed by atoms with Gasteiger partial charge in [0.1, 0.15) is 30.5 Å². The first-order valence-corrected chi connectivity index (χ1v) is 14.7. The van der Waals surface area contributed by atoms with Gasteiger partial charge in [-0.05, 0) is 80.3 Å². The molecule has 47 heavy (non-hydrogen) atoms. The Morgan fingerprint density at radius 3 is 2.43 bits per heavy atom. The van der Waals surface area contributed by atoms with Gasteiger partial charge in [-0.25, -0.2) is 0 Å². The fraction of sp³-hybridized carbons (Fsp3) is 0.216. The van der Waals surface area contributed by atoms with Crippen molar-refractivity contribution in [2.24, 2.45) is 0 Å². The number of ketones is 1. The summed E-state index contributed by atoms with van der Waals surface area (Å²) in [6, 6.07) is 19.1. The SMILES string of the molecule is C=CCOc1c(C(=O)C2=CN3CCc4c([nH]c5ccc(O)cc45)C3(C)C(C)=C2)ccc(OCc2ccccc2)c1C.O=C=O.O=C=O. The maximum absolute atomic E-state index is 14.1. The Bertz CT molecular complexity index is 1910. The van der Waals surface area contributed by atoms with Gasteiger partial charge < -0.3 is 24.5 Å². The van der Waals surface area contributed by atoms with Crippen molar-refractivity contribution in [3.8, 4) is 17.2 Å². The summed E-state index contributed by atoms with van der Waals surface area (Å²) in [5.74, 6) is 1.35. The van der Waals surface area contributed by atoms with Crippen molar-refractivity contribution in [2.45, 2.75) is 39.3 Å². The van der Waals surface area contributed by atoms with Gasteiger partial charge in [-0.1, -0.05) is 43.0 Å². The van der Waals surface area contributed by atoms with Crippen molar-refractivity contribution in [1.82, 2.24) is 9.88 Å². The lowest BCUT2D eigenvalue weighted by molar-refractivity contribution is -0.193. The molecule has 3 aromatic carbocycles. The highest BCUT2D eigenvalue weighted by molar-refractivity contribution is 6.12. The molecule has 1 aromatic heterocycles. The van der Waals surface area contributed by atoms with Gasteiger partial charge in [-0.15, -0.1) is 0 Å². The number of carbonyl (C=O) groups is 1. The van der Waals surface area contributed by atoms with Crippen molar-refractivity contribution in [1.29, 1.82) is 0 Å². The molecule has 1 unspecified atom stereocenters. The van der Waals surface area contributed by atoms with E-state index in [1.165, 1.54) is 5.56 Å². The highest BCUT2D eigenvalue weighted by Crippen LogP contribution is 2.46. The van der Waals surface area contributed by atoms with Gasteiger partial charge in [0.25, 0.3) is 0 Å². The molecule has 0 radical (unpaired) electrons. The number of benzene rings is 3. The molecule has 4 aromatic rings. The average molecular weight is 635 g/mol. The molecule has 0 saturated heterocycles. The van der Waals surface area contributed by atoms with E-state index in [1.54, 1.807) is 18.2 Å². The third kappa shape index (κ3) is 6.84. The standard InChI is InChI=1S/C35H34N2O4.2CO2/c1-5-17-40-33-23(3)31(41-21-24-9-7-6-8-10-24)14-12-28(33)32(39)25-18-22(2)35(4)34-27(15-16-37(35)20-25)29-19-26(38)11-13-30(29)36-34;2*2-1-3/h5-14,18-20,36,38H,1,15-17,21H2,2-4H3;;. The maximum atomic E-state index is 14.1. The summed E-state index contributed by atoms with van der Waals surface area (Å²) in [6.07, 6.45) is 6.95. The number of H-pyrrole nitrogens is 1. The summed E-state index contributed by atoms with van der Waals surface area (Å²) in [5, 5.41) is 11.1. The minimum absolute atomic E-state index is 0.101. The molecule has 0 spiro atoms. The van der Waals surface area contributed by atoms with Crippen LogP contribution in [0.15, 0.2) is 96.7 Å². The Hall–Kier alpha value is -5.95. The second-order valence-corrected chi connectivity index (χ2v) is 11.1. The maximum Gasteiger partial charge on any atom is 0.373 e. The smallest absolute Gasteiger partial charge is 0.373 e. The highest BCUT2D eigenvalue weighted by atomic mass is 16.5. The van der Waals surface area contributed by atoms with Crippen molar-refractivity contribution >= 4 is 29.0 Å². The lowest BCUT2D eigenvalue weighted by Crippen LogP contribution is -2.48. The first kappa shape index (κ1) is 33.9. The van der Waals surface area contributed by atoms with Gasteiger partial charge in [0.2, 0.25) is 0 Å². The lowest BCUT2D eigenvalue weighted by atomic mass is 9.78. The number of hydrogen-bond acceptors (Lipinski definition) is 9. The van der Waals surface area contributed by atoms with E-state index in [4.69, 9.17) is 28.7 Å². The zero-order valence-corrected chi connectivity index (χ0v) is 26.3. The molecule has 1 atom stereocenters. The predicted octanol–water partition coefficient (Wildman–Crippen LogP) is 5.96. The lowest BCUT2D eigenvalue weighted by Gasteiger charge is -2.47. The number of aromatic hydroxyl groups is 1. The van der Waals surface area contributed by atoms with Crippen LogP contribution in [-0.4, -0.2) is 46.2 Å². The zero-order chi connectivity index (χ0) is 34.1. The van der Waals surface area contributed by atoms with E-state index in [9.17, 15) is 9.90 Å². The quantitative estimate of drug-likeness (QED) is 0.177. The van der Waals surface area contributed by atoms with Crippen LogP contribution in [0.5, 0.6) is 17.2 Å². The van der Waals surface area contributed by atoms with Crippen LogP contribution in [0.3, 0.4) is 0 Å². The number of nitrogens with zero attached hydrogens (tertiary/aromatic N) is 1. The summed E-state index contributed by atoms with van der Waals surface area (Å²) in [7, 11) is 0. The summed E-state index contributed by atoms with van der Waals surface area (Å²) in [6.45, 7) is 11.4. The molecule has 2 aliphatic rings. The highest BCUT2D eigenvalue weighted by Gasteiger charge is 2.43. The third-order valence-corrected chi connectivity index (χ3v) is 8.43. The fourth-order valence-electron chi connectivity index (χ4n) is 6.06. The van der Waals surface area contributed by atoms with Crippen LogP contribution in [0.2, 0.25) is 0 Å². The van der Waals surface area contributed by atoms with Crippen molar-refractivity contribution in [3.63, 3.8) is 0 Å². The number of aromatic nitrogens is 1. The normalized spacial score (nSPS) is 15.9. The number of ether oxygens (including phenoxy) is 2. The van der Waals surface area contributed by atoms with Crippen LogP contribution in [0.1, 0.15) is 46.6 Å². The van der Waals surface area contributed by atoms with Gasteiger partial charge in [-0.3, -0.25) is 4.79 Å². The third-order valence-electron chi connectivity index (χ3n) is 8.43. The topological polar surface area (TPSA) is 143 Å². The number of aromatic amines is 1. The van der Waals surface area contributed by atoms with Crippen LogP contribution >= 0.6 is 0 Å². The Balaban J connectivity index is 0.000000776. The predicted molar refractivity (Wildman–Crippen MR) is 172 cm³/mol. The Morgan fingerprint density at radius 2 is 1.74 bits per heavy atom. The van der Waals surface area contributed by atoms with E-state index in [0.29, 0.717) is 29.2 Å². The number of nitrogens with one attached hydrogen (secondary N) is 1. The molecule has 240 valence electrons. The summed E-state index contributed by atoms with van der Waals surface area (Å²) in [5.41, 5.74) is 6.90. The van der Waals surface area contributed by atoms with Crippen molar-refractivity contribution < 1.29 is 38.6 Å². The van der Waals surface area contributed by atoms with Crippen LogP contribution in [0.25, 0.3) is 10.9 Å². The molecular formula is C37H34N2O8. The molecule has 6 rings (SSSR count). The molecule has 2 aliphatic heterocycles. The average Bonchev–Trinajstić information content (AvgIpc) is 3.44. The van der Waals surface area contributed by atoms with E-state index >= 15 is 0 Å². The minimum Gasteiger partial charge on any atom is -0.508 e. The summed E-state index contributed by atoms with van der Waals surface area (Å²) in [4.78, 5) is 52.4. The van der Waals surface area contributed by atoms with E-state index in [-0.39, 0.29) is 30.4 Å². The molecule has 3 heterocycles. The zero-order valence-electron chi connectivity index (χ0n) is 26.3. The van der Waals surface area contributed by atoms with Crippen LogP contribution in [0, 0.1) is 6.92 Å². The molecule has 2 N–H and O–H groups in total. The van der Waals surface area contributed by atoms with Crippen molar-refractivity contribution in [2.75, 3.05) is 13.2 Å². The first-order chi connectivity index (χ1) is 22.6. The van der Waals surface area contributed by atoms with Gasteiger partial charge in [-0.2, -0.15) is 19.2 Å². The monoisotopic (exact) mass is 634 g/mol. The molecule has 0 saturated carbocycles. The van der Waals surface area contributed by atoms with E-state index < -0.39 is 5.54 Å². The van der Waals surface area contributed by atoms with Gasteiger partial charge in [0, 0.05) is 40.5 Å². The van der Waals surface area contributed by atoms with Crippen LogP contribution in [-0.2, 0) is 37.7 Å². The number of carbonyl (C=O) groups excluding carboxylic acids is 5. The van der Waals surface area contributed by atoms with Gasteiger partial charge in [0.15, 0.2) is 5.78 Å². The second kappa shape index (κ2) is 14.9. The van der Waals surface area contributed by atoms with Gasteiger partial charge >= 0.3 is 12.3 Å². The number of phenols is 1. The number of hydrogen-bond donors (Lipinski definition) is 2. The first-order valence-electron chi connectivity index (χ1n) is 14.7. The number of phenolic OH excluding ortho intramolecular Hbond substituents is 1. The fourth-order valence-corrected chi connectivity index (χ4v) is 6.06. The molecule has 10 nitrogen and oxygen atoms in total. The van der Waals surface area contributed by atoms with Crippen molar-refractivity contribution in [3.05, 3.63) is 125 Å². The van der Waals surface area contributed by atoms with Gasteiger partial charge in [0.05, 0.1) is 11.1 Å². The molecule has 10 heteroatoms. The Morgan fingerprint density at radius 1 is 1.04 bits per heavy atom. The summed E-state index contributed by atoms with van der Waals surface area (Å²) < 4.78 is 12.2. The molecular weight excluding hydrogens is 600 g/mol. The molecule has 0 aliphatic carbocycles. The number of allylic oxidation sites excluding steroid dienone is 2. The summed E-state index contributed by atoms with van der Waals surface area (Å²) >= 11 is 0. The molecule has 0 amide bonds. The van der Waals surface area contributed by atoms with E-state index in [2.05, 4.69) is 30.3 Å². The Kier molecular flexibility index (Phi) is 10.7. The number of rotatable bonds is 8. The number of Topliss-reactive ketones (excluding diaryl/α,β-unsaturated/α-hetero) is 1. The Labute approximate surface area is 271 Å². The number of fused-ring (bicyclic) bond motifs is 5. The second-order valence-electron chi connectivity index (χ2n) is 11.1. The minimum atomic E-state index is -0.431. The van der Waals surface area contributed by atoms with E-state index in [0.717, 1.165) is 46.3 Å².